The van der Waals surface area contributed by atoms with Crippen LogP contribution in [0.5, 0.6) is 5.75 Å². The quantitative estimate of drug-likeness (QED) is 0.768. The van der Waals surface area contributed by atoms with Crippen LogP contribution in [0.1, 0.15) is 0 Å². The van der Waals surface area contributed by atoms with Gasteiger partial charge in [0.05, 0.1) is 6.61 Å². The molecule has 0 radical (unpaired) electrons. The van der Waals surface area contributed by atoms with Crippen LogP contribution in [0.4, 0.5) is 0 Å². The first-order valence-corrected chi connectivity index (χ1v) is 4.27. The lowest BCUT2D eigenvalue weighted by atomic mass is 10.3. The minimum Gasteiger partial charge on any atom is -0.491 e. The number of halogens is 1. The fourth-order valence-corrected chi connectivity index (χ4v) is 0.982. The van der Waals surface area contributed by atoms with Crippen molar-refractivity contribution in [3.8, 4) is 5.75 Å². The van der Waals surface area contributed by atoms with Gasteiger partial charge in [-0.2, -0.15) is 0 Å². The summed E-state index contributed by atoms with van der Waals surface area (Å²) in [5.74, 6) is 0.583. The van der Waals surface area contributed by atoms with Gasteiger partial charge in [0, 0.05) is 5.02 Å². The van der Waals surface area contributed by atoms with Crippen molar-refractivity contribution in [1.82, 2.24) is 0 Å². The van der Waals surface area contributed by atoms with Crippen molar-refractivity contribution < 1.29 is 14.9 Å². The number of rotatable bonds is 4. The van der Waals surface area contributed by atoms with Gasteiger partial charge >= 0.3 is 0 Å². The molecule has 0 unspecified atom stereocenters. The number of hydrogen-bond acceptors (Lipinski definition) is 3. The van der Waals surface area contributed by atoms with Crippen LogP contribution in [0.25, 0.3) is 0 Å². The van der Waals surface area contributed by atoms with Crippen LogP contribution in [0, 0.1) is 0 Å². The van der Waals surface area contributed by atoms with E-state index in [9.17, 15) is 0 Å². The SMILES string of the molecule is OC[C@@H](O)COc1cccc(Cl)c1. The van der Waals surface area contributed by atoms with Crippen LogP contribution in [0.2, 0.25) is 5.02 Å². The van der Waals surface area contributed by atoms with E-state index >= 15 is 0 Å². The molecule has 0 fully saturated rings. The molecule has 0 aliphatic rings. The largest absolute Gasteiger partial charge is 0.491 e. The highest BCUT2D eigenvalue weighted by atomic mass is 35.5. The number of hydrogen-bond donors (Lipinski definition) is 2. The fraction of sp³-hybridized carbons (Fsp3) is 0.333. The zero-order valence-electron chi connectivity index (χ0n) is 6.98. The lowest BCUT2D eigenvalue weighted by Crippen LogP contribution is -2.21. The molecule has 72 valence electrons. The molecule has 0 aliphatic heterocycles. The Hall–Kier alpha value is -0.770. The smallest absolute Gasteiger partial charge is 0.120 e. The van der Waals surface area contributed by atoms with E-state index in [0.29, 0.717) is 10.8 Å². The van der Waals surface area contributed by atoms with Crippen LogP contribution in [-0.4, -0.2) is 29.5 Å². The Bertz CT molecular complexity index is 265. The van der Waals surface area contributed by atoms with Crippen LogP contribution < -0.4 is 4.74 Å². The second-order valence-corrected chi connectivity index (χ2v) is 3.04. The van der Waals surface area contributed by atoms with Crippen LogP contribution in [0.15, 0.2) is 24.3 Å². The van der Waals surface area contributed by atoms with Crippen molar-refractivity contribution in [2.24, 2.45) is 0 Å². The van der Waals surface area contributed by atoms with E-state index in [2.05, 4.69) is 0 Å². The average molecular weight is 203 g/mol. The van der Waals surface area contributed by atoms with Crippen molar-refractivity contribution >= 4 is 11.6 Å². The highest BCUT2D eigenvalue weighted by Crippen LogP contribution is 2.16. The molecular weight excluding hydrogens is 192 g/mol. The number of benzene rings is 1. The Kier molecular flexibility index (Phi) is 4.02. The average Bonchev–Trinajstić information content (AvgIpc) is 2.14. The molecule has 1 rings (SSSR count). The van der Waals surface area contributed by atoms with E-state index in [4.69, 9.17) is 26.6 Å². The highest BCUT2D eigenvalue weighted by molar-refractivity contribution is 6.30. The molecule has 1 atom stereocenters. The molecule has 3 nitrogen and oxygen atoms in total. The first-order chi connectivity index (χ1) is 6.22. The molecule has 0 aromatic heterocycles. The summed E-state index contributed by atoms with van der Waals surface area (Å²) in [5, 5.41) is 18.1. The van der Waals surface area contributed by atoms with E-state index in [0.717, 1.165) is 0 Å². The van der Waals surface area contributed by atoms with E-state index in [1.54, 1.807) is 24.3 Å². The van der Waals surface area contributed by atoms with Gasteiger partial charge in [-0.15, -0.1) is 0 Å². The molecule has 0 saturated heterocycles. The lowest BCUT2D eigenvalue weighted by molar-refractivity contribution is 0.0536. The van der Waals surface area contributed by atoms with Crippen molar-refractivity contribution in [2.45, 2.75) is 6.10 Å². The zero-order valence-corrected chi connectivity index (χ0v) is 7.74. The van der Waals surface area contributed by atoms with E-state index in [-0.39, 0.29) is 13.2 Å². The summed E-state index contributed by atoms with van der Waals surface area (Å²) in [7, 11) is 0. The lowest BCUT2D eigenvalue weighted by Gasteiger charge is -2.09. The van der Waals surface area contributed by atoms with Gasteiger partial charge in [-0.1, -0.05) is 17.7 Å². The van der Waals surface area contributed by atoms with Crippen molar-refractivity contribution in [3.05, 3.63) is 29.3 Å². The summed E-state index contributed by atoms with van der Waals surface area (Å²) >= 11 is 5.70. The first-order valence-electron chi connectivity index (χ1n) is 3.89. The van der Waals surface area contributed by atoms with Crippen LogP contribution in [0.3, 0.4) is 0 Å². The third-order valence-electron chi connectivity index (χ3n) is 1.45. The third-order valence-corrected chi connectivity index (χ3v) is 1.68. The molecule has 13 heavy (non-hydrogen) atoms. The maximum Gasteiger partial charge on any atom is 0.120 e. The minimum absolute atomic E-state index is 0.0663. The minimum atomic E-state index is -0.848. The monoisotopic (exact) mass is 202 g/mol. The number of aliphatic hydroxyl groups excluding tert-OH is 2. The van der Waals surface area contributed by atoms with Gasteiger partial charge in [0.25, 0.3) is 0 Å². The van der Waals surface area contributed by atoms with Gasteiger partial charge in [-0.3, -0.25) is 0 Å². The topological polar surface area (TPSA) is 49.7 Å². The van der Waals surface area contributed by atoms with E-state index < -0.39 is 6.10 Å². The van der Waals surface area contributed by atoms with E-state index in [1.165, 1.54) is 0 Å². The van der Waals surface area contributed by atoms with Gasteiger partial charge in [0.2, 0.25) is 0 Å². The number of aliphatic hydroxyl groups is 2. The normalized spacial score (nSPS) is 12.5. The molecular formula is C9H11ClO3. The molecule has 1 aromatic carbocycles. The van der Waals surface area contributed by atoms with Crippen molar-refractivity contribution in [3.63, 3.8) is 0 Å². The zero-order chi connectivity index (χ0) is 9.68. The Morgan fingerprint density at radius 3 is 2.85 bits per heavy atom. The van der Waals surface area contributed by atoms with Crippen LogP contribution in [-0.2, 0) is 0 Å². The maximum atomic E-state index is 8.98. The Balaban J connectivity index is 2.45. The highest BCUT2D eigenvalue weighted by Gasteiger charge is 2.02. The van der Waals surface area contributed by atoms with Crippen molar-refractivity contribution in [1.29, 1.82) is 0 Å². The summed E-state index contributed by atoms with van der Waals surface area (Å²) in [4.78, 5) is 0. The van der Waals surface area contributed by atoms with Gasteiger partial charge in [0.15, 0.2) is 0 Å². The summed E-state index contributed by atoms with van der Waals surface area (Å²) in [6.07, 6.45) is -0.848. The second-order valence-electron chi connectivity index (χ2n) is 2.60. The summed E-state index contributed by atoms with van der Waals surface area (Å²) < 4.78 is 5.15. The maximum absolute atomic E-state index is 8.98. The number of ether oxygens (including phenoxy) is 1. The molecule has 0 saturated carbocycles. The Morgan fingerprint density at radius 1 is 1.46 bits per heavy atom. The van der Waals surface area contributed by atoms with Gasteiger partial charge < -0.3 is 14.9 Å². The predicted molar refractivity (Wildman–Crippen MR) is 50.0 cm³/mol. The van der Waals surface area contributed by atoms with E-state index in [1.807, 2.05) is 0 Å². The standard InChI is InChI=1S/C9H11ClO3/c10-7-2-1-3-9(4-7)13-6-8(12)5-11/h1-4,8,11-12H,5-6H2/t8-/m1/s1. The van der Waals surface area contributed by atoms with Gasteiger partial charge in [-0.05, 0) is 18.2 Å². The summed E-state index contributed by atoms with van der Waals surface area (Å²) in [6.45, 7) is -0.239. The predicted octanol–water partition coefficient (Wildman–Crippen LogP) is 1.07. The summed E-state index contributed by atoms with van der Waals surface area (Å²) in [5.41, 5.74) is 0. The Labute approximate surface area is 81.5 Å². The van der Waals surface area contributed by atoms with Gasteiger partial charge in [0.1, 0.15) is 18.5 Å². The van der Waals surface area contributed by atoms with Crippen LogP contribution >= 0.6 is 11.6 Å². The van der Waals surface area contributed by atoms with Gasteiger partial charge in [-0.25, -0.2) is 0 Å². The molecule has 2 N–H and O–H groups in total. The Morgan fingerprint density at radius 2 is 2.23 bits per heavy atom. The molecule has 0 bridgehead atoms. The fourth-order valence-electron chi connectivity index (χ4n) is 0.802. The second kappa shape index (κ2) is 5.07. The van der Waals surface area contributed by atoms with Crippen molar-refractivity contribution in [2.75, 3.05) is 13.2 Å². The third kappa shape index (κ3) is 3.63. The molecule has 0 spiro atoms. The molecule has 4 heteroatoms. The first kappa shape index (κ1) is 10.3. The molecule has 0 aliphatic carbocycles. The molecule has 1 aromatic rings. The summed E-state index contributed by atoms with van der Waals surface area (Å²) in [6, 6.07) is 6.86. The molecule has 0 amide bonds. The molecule has 0 heterocycles.